The SMILES string of the molecule is O=C(COC(=O)Cc1ccc(Br)cc1)NCCc1c[nH]c2ccccc12. The standard InChI is InChI=1S/C20H19BrN2O3/c21-16-7-5-14(6-8-16)11-20(25)26-13-19(24)22-10-9-15-12-23-18-4-2-1-3-17(15)18/h1-8,12,23H,9-11,13H2,(H,22,24). The van der Waals surface area contributed by atoms with Gasteiger partial charge in [-0.1, -0.05) is 46.3 Å². The monoisotopic (exact) mass is 414 g/mol. The molecule has 26 heavy (non-hydrogen) atoms. The molecule has 2 aromatic carbocycles. The molecule has 6 heteroatoms. The number of ether oxygens (including phenoxy) is 1. The molecular formula is C20H19BrN2O3. The first-order valence-electron chi connectivity index (χ1n) is 8.33. The van der Waals surface area contributed by atoms with E-state index in [0.717, 1.165) is 26.5 Å². The van der Waals surface area contributed by atoms with Crippen molar-refractivity contribution in [3.63, 3.8) is 0 Å². The van der Waals surface area contributed by atoms with Gasteiger partial charge in [0.1, 0.15) is 0 Å². The molecule has 3 rings (SSSR count). The number of hydrogen-bond donors (Lipinski definition) is 2. The van der Waals surface area contributed by atoms with Crippen molar-refractivity contribution < 1.29 is 14.3 Å². The lowest BCUT2D eigenvalue weighted by molar-refractivity contribution is -0.147. The fraction of sp³-hybridized carbons (Fsp3) is 0.200. The minimum Gasteiger partial charge on any atom is -0.455 e. The first-order chi connectivity index (χ1) is 12.6. The second-order valence-corrected chi connectivity index (χ2v) is 6.84. The van der Waals surface area contributed by atoms with Gasteiger partial charge in [0.15, 0.2) is 6.61 Å². The fourth-order valence-corrected chi connectivity index (χ4v) is 2.96. The van der Waals surface area contributed by atoms with Crippen molar-refractivity contribution in [1.82, 2.24) is 10.3 Å². The second-order valence-electron chi connectivity index (χ2n) is 5.92. The highest BCUT2D eigenvalue weighted by atomic mass is 79.9. The number of benzene rings is 2. The molecule has 0 aliphatic heterocycles. The van der Waals surface area contributed by atoms with Gasteiger partial charge in [0.2, 0.25) is 0 Å². The van der Waals surface area contributed by atoms with Gasteiger partial charge in [-0.3, -0.25) is 9.59 Å². The van der Waals surface area contributed by atoms with Crippen LogP contribution in [0.4, 0.5) is 0 Å². The van der Waals surface area contributed by atoms with Crippen LogP contribution < -0.4 is 5.32 Å². The molecule has 0 aliphatic rings. The second kappa shape index (κ2) is 8.67. The summed E-state index contributed by atoms with van der Waals surface area (Å²) in [5.41, 5.74) is 3.07. The number of amides is 1. The van der Waals surface area contributed by atoms with Gasteiger partial charge in [-0.05, 0) is 35.7 Å². The van der Waals surface area contributed by atoms with E-state index in [1.807, 2.05) is 54.7 Å². The predicted molar refractivity (Wildman–Crippen MR) is 104 cm³/mol. The molecule has 2 N–H and O–H groups in total. The third-order valence-electron chi connectivity index (χ3n) is 4.02. The molecule has 0 unspecified atom stereocenters. The topological polar surface area (TPSA) is 71.2 Å². The number of carbonyl (C=O) groups is 2. The molecule has 134 valence electrons. The molecule has 0 saturated carbocycles. The first-order valence-corrected chi connectivity index (χ1v) is 9.13. The third kappa shape index (κ3) is 4.95. The number of aromatic amines is 1. The van der Waals surface area contributed by atoms with Crippen LogP contribution in [0.5, 0.6) is 0 Å². The lowest BCUT2D eigenvalue weighted by Crippen LogP contribution is -2.30. The van der Waals surface area contributed by atoms with Crippen LogP contribution in [0.25, 0.3) is 10.9 Å². The fourth-order valence-electron chi connectivity index (χ4n) is 2.69. The van der Waals surface area contributed by atoms with Crippen LogP contribution in [0.2, 0.25) is 0 Å². The zero-order valence-corrected chi connectivity index (χ0v) is 15.7. The van der Waals surface area contributed by atoms with Crippen LogP contribution in [0.3, 0.4) is 0 Å². The lowest BCUT2D eigenvalue weighted by atomic mass is 10.1. The van der Waals surface area contributed by atoms with Crippen molar-refractivity contribution in [2.24, 2.45) is 0 Å². The summed E-state index contributed by atoms with van der Waals surface area (Å²) in [6, 6.07) is 15.4. The van der Waals surface area contributed by atoms with Crippen LogP contribution in [0.1, 0.15) is 11.1 Å². The van der Waals surface area contributed by atoms with Gasteiger partial charge >= 0.3 is 5.97 Å². The first kappa shape index (κ1) is 18.2. The number of hydrogen-bond acceptors (Lipinski definition) is 3. The number of rotatable bonds is 7. The molecule has 0 bridgehead atoms. The summed E-state index contributed by atoms with van der Waals surface area (Å²) in [5.74, 6) is -0.715. The zero-order chi connectivity index (χ0) is 18.4. The van der Waals surface area contributed by atoms with Crippen molar-refractivity contribution in [3.05, 3.63) is 70.3 Å². The van der Waals surface area contributed by atoms with Crippen LogP contribution >= 0.6 is 15.9 Å². The minimum absolute atomic E-state index is 0.149. The summed E-state index contributed by atoms with van der Waals surface area (Å²) in [7, 11) is 0. The van der Waals surface area contributed by atoms with Gasteiger partial charge in [0, 0.05) is 28.1 Å². The molecule has 1 heterocycles. The molecule has 0 spiro atoms. The molecule has 0 atom stereocenters. The number of fused-ring (bicyclic) bond motifs is 1. The van der Waals surface area contributed by atoms with Crippen LogP contribution in [0.15, 0.2) is 59.2 Å². The summed E-state index contributed by atoms with van der Waals surface area (Å²) in [6.45, 7) is 0.230. The number of esters is 1. The maximum absolute atomic E-state index is 11.8. The van der Waals surface area contributed by atoms with E-state index in [1.54, 1.807) is 0 Å². The highest BCUT2D eigenvalue weighted by Crippen LogP contribution is 2.17. The van der Waals surface area contributed by atoms with E-state index in [1.165, 1.54) is 0 Å². The van der Waals surface area contributed by atoms with Gasteiger partial charge in [0.05, 0.1) is 6.42 Å². The van der Waals surface area contributed by atoms with E-state index >= 15 is 0 Å². The normalized spacial score (nSPS) is 10.7. The van der Waals surface area contributed by atoms with Crippen molar-refractivity contribution in [3.8, 4) is 0 Å². The van der Waals surface area contributed by atoms with Crippen LogP contribution in [-0.4, -0.2) is 30.0 Å². The Labute approximate surface area is 159 Å². The van der Waals surface area contributed by atoms with E-state index in [2.05, 4.69) is 26.2 Å². The summed E-state index contributed by atoms with van der Waals surface area (Å²) in [4.78, 5) is 26.8. The Morgan fingerprint density at radius 2 is 1.85 bits per heavy atom. The molecular weight excluding hydrogens is 396 g/mol. The number of halogens is 1. The van der Waals surface area contributed by atoms with Crippen molar-refractivity contribution in [1.29, 1.82) is 0 Å². The Bertz CT molecular complexity index is 903. The van der Waals surface area contributed by atoms with Gasteiger partial charge in [-0.15, -0.1) is 0 Å². The maximum atomic E-state index is 11.8. The maximum Gasteiger partial charge on any atom is 0.310 e. The summed E-state index contributed by atoms with van der Waals surface area (Å²) >= 11 is 3.34. The molecule has 0 saturated heterocycles. The minimum atomic E-state index is -0.417. The number of nitrogens with one attached hydrogen (secondary N) is 2. The van der Waals surface area contributed by atoms with Crippen molar-refractivity contribution >= 4 is 38.7 Å². The largest absolute Gasteiger partial charge is 0.455 e. The van der Waals surface area contributed by atoms with E-state index < -0.39 is 5.97 Å². The van der Waals surface area contributed by atoms with Gasteiger partial charge in [0.25, 0.3) is 5.91 Å². The van der Waals surface area contributed by atoms with E-state index in [-0.39, 0.29) is 18.9 Å². The Hall–Kier alpha value is -2.60. The number of para-hydroxylation sites is 1. The smallest absolute Gasteiger partial charge is 0.310 e. The van der Waals surface area contributed by atoms with Gasteiger partial charge in [-0.25, -0.2) is 0 Å². The molecule has 5 nitrogen and oxygen atoms in total. The zero-order valence-electron chi connectivity index (χ0n) is 14.1. The summed E-state index contributed by atoms with van der Waals surface area (Å²) in [5, 5.41) is 3.93. The number of aromatic nitrogens is 1. The van der Waals surface area contributed by atoms with Crippen molar-refractivity contribution in [2.45, 2.75) is 12.8 Å². The van der Waals surface area contributed by atoms with E-state index in [9.17, 15) is 9.59 Å². The average molecular weight is 415 g/mol. The number of carbonyl (C=O) groups excluding carboxylic acids is 2. The Kier molecular flexibility index (Phi) is 6.07. The summed E-state index contributed by atoms with van der Waals surface area (Å²) < 4.78 is 5.98. The Morgan fingerprint density at radius 3 is 2.65 bits per heavy atom. The highest BCUT2D eigenvalue weighted by Gasteiger charge is 2.09. The van der Waals surface area contributed by atoms with Crippen LogP contribution in [-0.2, 0) is 27.2 Å². The average Bonchev–Trinajstić information content (AvgIpc) is 3.05. The quantitative estimate of drug-likeness (QED) is 0.582. The van der Waals surface area contributed by atoms with Crippen LogP contribution in [0, 0.1) is 0 Å². The molecule has 0 radical (unpaired) electrons. The Balaban J connectivity index is 1.38. The van der Waals surface area contributed by atoms with Crippen molar-refractivity contribution in [2.75, 3.05) is 13.2 Å². The van der Waals surface area contributed by atoms with Gasteiger partial charge in [-0.2, -0.15) is 0 Å². The molecule has 0 aliphatic carbocycles. The summed E-state index contributed by atoms with van der Waals surface area (Å²) in [6.07, 6.45) is 2.81. The Morgan fingerprint density at radius 1 is 1.08 bits per heavy atom. The highest BCUT2D eigenvalue weighted by molar-refractivity contribution is 9.10. The lowest BCUT2D eigenvalue weighted by Gasteiger charge is -2.07. The van der Waals surface area contributed by atoms with Gasteiger partial charge < -0.3 is 15.0 Å². The third-order valence-corrected chi connectivity index (χ3v) is 4.55. The molecule has 1 amide bonds. The molecule has 3 aromatic rings. The molecule has 1 aromatic heterocycles. The number of H-pyrrole nitrogens is 1. The van der Waals surface area contributed by atoms with E-state index in [0.29, 0.717) is 13.0 Å². The predicted octanol–water partition coefficient (Wildman–Crippen LogP) is 3.38. The molecule has 0 fully saturated rings. The van der Waals surface area contributed by atoms with E-state index in [4.69, 9.17) is 4.74 Å².